The number of anilines is 1. The molecule has 0 aliphatic carbocycles. The predicted octanol–water partition coefficient (Wildman–Crippen LogP) is 0.829. The van der Waals surface area contributed by atoms with Gasteiger partial charge >= 0.3 is 11.9 Å². The number of aryl methyl sites for hydroxylation is 1. The highest BCUT2D eigenvalue weighted by atomic mass is 16.5. The highest BCUT2D eigenvalue weighted by Gasteiger charge is 2.06. The third-order valence-electron chi connectivity index (χ3n) is 1.93. The maximum Gasteiger partial charge on any atom is 0.341 e. The second-order valence-corrected chi connectivity index (χ2v) is 3.30. The summed E-state index contributed by atoms with van der Waals surface area (Å²) < 4.78 is 4.49. The molecule has 0 spiro atoms. The molecule has 0 aromatic heterocycles. The molecular formula is C11H13NO4. The lowest BCUT2D eigenvalue weighted by atomic mass is 10.1. The lowest BCUT2D eigenvalue weighted by Crippen LogP contribution is -2.13. The summed E-state index contributed by atoms with van der Waals surface area (Å²) in [6, 6.07) is 7.17. The Kier molecular flexibility index (Phi) is 4.32. The first kappa shape index (κ1) is 12.0. The molecular weight excluding hydrogens is 210 g/mol. The lowest BCUT2D eigenvalue weighted by molar-refractivity contribution is -0.155. The molecule has 0 aliphatic heterocycles. The smallest absolute Gasteiger partial charge is 0.341 e. The van der Waals surface area contributed by atoms with Crippen molar-refractivity contribution in [3.05, 3.63) is 29.8 Å². The first-order chi connectivity index (χ1) is 7.58. The average molecular weight is 223 g/mol. The van der Waals surface area contributed by atoms with Crippen molar-refractivity contribution in [2.24, 2.45) is 0 Å². The number of rotatable bonds is 5. The number of hydrogen-bond acceptors (Lipinski definition) is 4. The van der Waals surface area contributed by atoms with Gasteiger partial charge in [-0.1, -0.05) is 12.1 Å². The molecule has 0 saturated carbocycles. The average Bonchev–Trinajstić information content (AvgIpc) is 2.23. The van der Waals surface area contributed by atoms with Gasteiger partial charge in [0.25, 0.3) is 0 Å². The van der Waals surface area contributed by atoms with E-state index in [1.165, 1.54) is 0 Å². The molecule has 0 amide bonds. The largest absolute Gasteiger partial charge is 0.479 e. The number of esters is 1. The predicted molar refractivity (Wildman–Crippen MR) is 57.8 cm³/mol. The Balaban J connectivity index is 2.34. The standard InChI is InChI=1S/C11H13NO4/c12-9-3-1-2-8(6-9)4-5-11(15)16-7-10(13)14/h1-3,6H,4-5,7,12H2,(H,13,14). The molecule has 1 aromatic carbocycles. The van der Waals surface area contributed by atoms with Crippen LogP contribution in [0, 0.1) is 0 Å². The van der Waals surface area contributed by atoms with E-state index < -0.39 is 18.5 Å². The van der Waals surface area contributed by atoms with E-state index in [0.29, 0.717) is 12.1 Å². The van der Waals surface area contributed by atoms with Crippen LogP contribution in [-0.4, -0.2) is 23.7 Å². The fourth-order valence-corrected chi connectivity index (χ4v) is 1.21. The molecule has 0 saturated heterocycles. The van der Waals surface area contributed by atoms with Gasteiger partial charge in [-0.15, -0.1) is 0 Å². The minimum atomic E-state index is -1.16. The summed E-state index contributed by atoms with van der Waals surface area (Å²) >= 11 is 0. The number of carboxylic acids is 1. The second-order valence-electron chi connectivity index (χ2n) is 3.30. The van der Waals surface area contributed by atoms with Gasteiger partial charge < -0.3 is 15.6 Å². The van der Waals surface area contributed by atoms with Crippen molar-refractivity contribution in [3.8, 4) is 0 Å². The van der Waals surface area contributed by atoms with Crippen LogP contribution in [0.4, 0.5) is 5.69 Å². The number of nitrogen functional groups attached to an aromatic ring is 1. The van der Waals surface area contributed by atoms with Gasteiger partial charge in [-0.05, 0) is 24.1 Å². The van der Waals surface area contributed by atoms with Crippen molar-refractivity contribution >= 4 is 17.6 Å². The summed E-state index contributed by atoms with van der Waals surface area (Å²) in [5.41, 5.74) is 7.13. The zero-order chi connectivity index (χ0) is 12.0. The molecule has 86 valence electrons. The maximum atomic E-state index is 11.1. The molecule has 1 aromatic rings. The van der Waals surface area contributed by atoms with Crippen LogP contribution < -0.4 is 5.73 Å². The van der Waals surface area contributed by atoms with E-state index in [2.05, 4.69) is 4.74 Å². The van der Waals surface area contributed by atoms with E-state index in [0.717, 1.165) is 5.56 Å². The molecule has 0 atom stereocenters. The Morgan fingerprint density at radius 2 is 2.12 bits per heavy atom. The zero-order valence-corrected chi connectivity index (χ0v) is 8.68. The summed E-state index contributed by atoms with van der Waals surface area (Å²) in [5.74, 6) is -1.68. The van der Waals surface area contributed by atoms with Crippen LogP contribution in [0.2, 0.25) is 0 Å². The third kappa shape index (κ3) is 4.45. The molecule has 0 aliphatic rings. The fourth-order valence-electron chi connectivity index (χ4n) is 1.21. The van der Waals surface area contributed by atoms with Gasteiger partial charge in [-0.3, -0.25) is 4.79 Å². The molecule has 0 radical (unpaired) electrons. The highest BCUT2D eigenvalue weighted by molar-refractivity contribution is 5.75. The van der Waals surface area contributed by atoms with E-state index in [1.54, 1.807) is 18.2 Å². The SMILES string of the molecule is Nc1cccc(CCC(=O)OCC(=O)O)c1. The van der Waals surface area contributed by atoms with Crippen molar-refractivity contribution < 1.29 is 19.4 Å². The van der Waals surface area contributed by atoms with Crippen LogP contribution in [0.3, 0.4) is 0 Å². The molecule has 1 rings (SSSR count). The first-order valence-electron chi connectivity index (χ1n) is 4.80. The number of nitrogens with two attached hydrogens (primary N) is 1. The molecule has 0 bridgehead atoms. The summed E-state index contributed by atoms with van der Waals surface area (Å²) in [6.07, 6.45) is 0.639. The maximum absolute atomic E-state index is 11.1. The third-order valence-corrected chi connectivity index (χ3v) is 1.93. The Morgan fingerprint density at radius 1 is 1.38 bits per heavy atom. The van der Waals surface area contributed by atoms with Crippen LogP contribution in [0.1, 0.15) is 12.0 Å². The minimum absolute atomic E-state index is 0.150. The zero-order valence-electron chi connectivity index (χ0n) is 8.68. The Bertz CT molecular complexity index is 389. The van der Waals surface area contributed by atoms with Gasteiger partial charge in [0.2, 0.25) is 0 Å². The molecule has 3 N–H and O–H groups in total. The number of hydrogen-bond donors (Lipinski definition) is 2. The summed E-state index contributed by atoms with van der Waals surface area (Å²) in [4.78, 5) is 21.2. The van der Waals surface area contributed by atoms with E-state index in [9.17, 15) is 9.59 Å². The summed E-state index contributed by atoms with van der Waals surface area (Å²) in [5, 5.41) is 8.29. The number of aliphatic carboxylic acids is 1. The van der Waals surface area contributed by atoms with Crippen molar-refractivity contribution in [1.82, 2.24) is 0 Å². The van der Waals surface area contributed by atoms with Crippen molar-refractivity contribution in [1.29, 1.82) is 0 Å². The second kappa shape index (κ2) is 5.75. The van der Waals surface area contributed by atoms with Gasteiger partial charge in [0.15, 0.2) is 6.61 Å². The summed E-state index contributed by atoms with van der Waals surface area (Å²) in [6.45, 7) is -0.588. The van der Waals surface area contributed by atoms with Crippen molar-refractivity contribution in [2.75, 3.05) is 12.3 Å². The van der Waals surface area contributed by atoms with Crippen LogP contribution in [0.15, 0.2) is 24.3 Å². The monoisotopic (exact) mass is 223 g/mol. The van der Waals surface area contributed by atoms with Gasteiger partial charge in [0.1, 0.15) is 0 Å². The lowest BCUT2D eigenvalue weighted by Gasteiger charge is -2.03. The number of carbonyl (C=O) groups excluding carboxylic acids is 1. The number of benzene rings is 1. The minimum Gasteiger partial charge on any atom is -0.479 e. The topological polar surface area (TPSA) is 89.6 Å². The van der Waals surface area contributed by atoms with Crippen LogP contribution in [0.5, 0.6) is 0 Å². The van der Waals surface area contributed by atoms with E-state index in [1.807, 2.05) is 6.07 Å². The van der Waals surface area contributed by atoms with E-state index in [-0.39, 0.29) is 6.42 Å². The molecule has 0 fully saturated rings. The van der Waals surface area contributed by atoms with Gasteiger partial charge in [-0.2, -0.15) is 0 Å². The first-order valence-corrected chi connectivity index (χ1v) is 4.80. The molecule has 0 heterocycles. The van der Waals surface area contributed by atoms with E-state index >= 15 is 0 Å². The van der Waals surface area contributed by atoms with Crippen molar-refractivity contribution in [3.63, 3.8) is 0 Å². The van der Waals surface area contributed by atoms with Crippen molar-refractivity contribution in [2.45, 2.75) is 12.8 Å². The molecule has 16 heavy (non-hydrogen) atoms. The van der Waals surface area contributed by atoms with Crippen LogP contribution >= 0.6 is 0 Å². The highest BCUT2D eigenvalue weighted by Crippen LogP contribution is 2.08. The van der Waals surface area contributed by atoms with Crippen LogP contribution in [0.25, 0.3) is 0 Å². The number of carbonyl (C=O) groups is 2. The van der Waals surface area contributed by atoms with Crippen LogP contribution in [-0.2, 0) is 20.7 Å². The van der Waals surface area contributed by atoms with Gasteiger partial charge in [0, 0.05) is 12.1 Å². The van der Waals surface area contributed by atoms with Gasteiger partial charge in [-0.25, -0.2) is 4.79 Å². The quantitative estimate of drug-likeness (QED) is 0.570. The Labute approximate surface area is 92.8 Å². The number of ether oxygens (including phenoxy) is 1. The normalized spacial score (nSPS) is 9.75. The molecule has 5 heteroatoms. The fraction of sp³-hybridized carbons (Fsp3) is 0.273. The Hall–Kier alpha value is -2.04. The molecule has 5 nitrogen and oxygen atoms in total. The summed E-state index contributed by atoms with van der Waals surface area (Å²) in [7, 11) is 0. The number of carboxylic acid groups (broad SMARTS) is 1. The molecule has 0 unspecified atom stereocenters. The van der Waals surface area contributed by atoms with Gasteiger partial charge in [0.05, 0.1) is 0 Å². The Morgan fingerprint density at radius 3 is 2.75 bits per heavy atom. The van der Waals surface area contributed by atoms with E-state index in [4.69, 9.17) is 10.8 Å².